The number of carbonyl (C=O) groups excluding carboxylic acids is 2. The minimum absolute atomic E-state index is 0.0520. The van der Waals surface area contributed by atoms with E-state index in [1.807, 2.05) is 82.3 Å². The Hall–Kier alpha value is -2.82. The molecule has 5 heteroatoms. The number of carbonyl (C=O) groups is 2. The van der Waals surface area contributed by atoms with Crippen LogP contribution in [0.25, 0.3) is 0 Å². The fourth-order valence-corrected chi connectivity index (χ4v) is 3.02. The first kappa shape index (κ1) is 23.5. The van der Waals surface area contributed by atoms with Gasteiger partial charge in [0.1, 0.15) is 11.8 Å². The quantitative estimate of drug-likeness (QED) is 0.620. The zero-order chi connectivity index (χ0) is 22.1. The molecule has 0 aromatic heterocycles. The van der Waals surface area contributed by atoms with Crippen LogP contribution >= 0.6 is 0 Å². The molecule has 0 saturated carbocycles. The predicted molar refractivity (Wildman–Crippen MR) is 120 cm³/mol. The number of aryl methyl sites for hydroxylation is 1. The van der Waals surface area contributed by atoms with Gasteiger partial charge in [0, 0.05) is 18.5 Å². The lowest BCUT2D eigenvalue weighted by Crippen LogP contribution is -2.52. The van der Waals surface area contributed by atoms with Crippen LogP contribution in [-0.4, -0.2) is 34.9 Å². The molecule has 2 amide bonds. The van der Waals surface area contributed by atoms with E-state index in [0.29, 0.717) is 26.0 Å². The lowest BCUT2D eigenvalue weighted by atomic mass is 10.1. The van der Waals surface area contributed by atoms with E-state index >= 15 is 0 Å². The van der Waals surface area contributed by atoms with Crippen LogP contribution in [0, 0.1) is 6.92 Å². The van der Waals surface area contributed by atoms with E-state index in [-0.39, 0.29) is 17.4 Å². The van der Waals surface area contributed by atoms with E-state index in [4.69, 9.17) is 4.74 Å². The van der Waals surface area contributed by atoms with Crippen molar-refractivity contribution in [1.29, 1.82) is 0 Å². The second-order valence-electron chi connectivity index (χ2n) is 8.69. The Morgan fingerprint density at radius 1 is 1.03 bits per heavy atom. The Labute approximate surface area is 180 Å². The Morgan fingerprint density at radius 3 is 2.27 bits per heavy atom. The monoisotopic (exact) mass is 410 g/mol. The van der Waals surface area contributed by atoms with Crippen molar-refractivity contribution in [2.75, 3.05) is 6.61 Å². The topological polar surface area (TPSA) is 58.6 Å². The Kier molecular flexibility index (Phi) is 8.46. The molecule has 0 spiro atoms. The molecule has 162 valence electrons. The highest BCUT2D eigenvalue weighted by Crippen LogP contribution is 2.15. The van der Waals surface area contributed by atoms with Crippen molar-refractivity contribution in [1.82, 2.24) is 10.2 Å². The van der Waals surface area contributed by atoms with Gasteiger partial charge in [0.05, 0.1) is 6.61 Å². The predicted octanol–water partition coefficient (Wildman–Crippen LogP) is 4.49. The van der Waals surface area contributed by atoms with Gasteiger partial charge in [-0.3, -0.25) is 9.59 Å². The Bertz CT molecular complexity index is 811. The average molecular weight is 411 g/mol. The van der Waals surface area contributed by atoms with Gasteiger partial charge >= 0.3 is 0 Å². The third kappa shape index (κ3) is 7.90. The first-order valence-electron chi connectivity index (χ1n) is 10.5. The molecule has 0 fully saturated rings. The first-order chi connectivity index (χ1) is 14.2. The number of amides is 2. The van der Waals surface area contributed by atoms with Gasteiger partial charge in [0.25, 0.3) is 0 Å². The summed E-state index contributed by atoms with van der Waals surface area (Å²) in [6.07, 6.45) is 0.914. The largest absolute Gasteiger partial charge is 0.494 e. The zero-order valence-corrected chi connectivity index (χ0v) is 18.8. The van der Waals surface area contributed by atoms with Crippen molar-refractivity contribution in [2.45, 2.75) is 65.6 Å². The molecule has 2 aromatic carbocycles. The van der Waals surface area contributed by atoms with E-state index in [2.05, 4.69) is 5.32 Å². The summed E-state index contributed by atoms with van der Waals surface area (Å²) in [6, 6.07) is 17.0. The third-order valence-electron chi connectivity index (χ3n) is 4.69. The van der Waals surface area contributed by atoms with Crippen LogP contribution in [0.3, 0.4) is 0 Å². The molecule has 30 heavy (non-hydrogen) atoms. The van der Waals surface area contributed by atoms with Crippen molar-refractivity contribution in [3.05, 3.63) is 65.7 Å². The molecular formula is C25H34N2O3. The number of para-hydroxylation sites is 1. The Balaban J connectivity index is 2.02. The second kappa shape index (κ2) is 10.8. The molecule has 0 aliphatic heterocycles. The maximum absolute atomic E-state index is 13.0. The molecule has 0 unspecified atom stereocenters. The van der Waals surface area contributed by atoms with Crippen LogP contribution in [0.1, 0.15) is 51.7 Å². The standard InChI is InChI=1S/C25H34N2O3/c1-19-13-15-21(16-14-19)18-27(20(2)24(29)26-25(3,4)5)23(28)12-9-17-30-22-10-7-6-8-11-22/h6-8,10-11,13-16,20H,9,12,17-18H2,1-5H3,(H,26,29)/t20-/m1/s1. The zero-order valence-electron chi connectivity index (χ0n) is 18.8. The summed E-state index contributed by atoms with van der Waals surface area (Å²) in [4.78, 5) is 27.4. The maximum Gasteiger partial charge on any atom is 0.242 e. The fraction of sp³-hybridized carbons (Fsp3) is 0.440. The number of nitrogens with one attached hydrogen (secondary N) is 1. The van der Waals surface area contributed by atoms with Gasteiger partial charge in [-0.05, 0) is 58.7 Å². The first-order valence-corrected chi connectivity index (χ1v) is 10.5. The fourth-order valence-electron chi connectivity index (χ4n) is 3.02. The van der Waals surface area contributed by atoms with Crippen LogP contribution in [0.15, 0.2) is 54.6 Å². The highest BCUT2D eigenvalue weighted by atomic mass is 16.5. The van der Waals surface area contributed by atoms with Gasteiger partial charge in [-0.1, -0.05) is 48.0 Å². The molecular weight excluding hydrogens is 376 g/mol. The van der Waals surface area contributed by atoms with Crippen LogP contribution in [0.4, 0.5) is 0 Å². The van der Waals surface area contributed by atoms with Crippen molar-refractivity contribution in [2.24, 2.45) is 0 Å². The molecule has 0 heterocycles. The molecule has 0 saturated heterocycles. The summed E-state index contributed by atoms with van der Waals surface area (Å²) in [6.45, 7) is 10.5. The normalized spacial score (nSPS) is 12.2. The van der Waals surface area contributed by atoms with Crippen LogP contribution in [0.5, 0.6) is 5.75 Å². The summed E-state index contributed by atoms with van der Waals surface area (Å²) in [7, 11) is 0. The number of ether oxygens (including phenoxy) is 1. The number of hydrogen-bond acceptors (Lipinski definition) is 3. The lowest BCUT2D eigenvalue weighted by Gasteiger charge is -2.31. The van der Waals surface area contributed by atoms with Crippen molar-refractivity contribution < 1.29 is 14.3 Å². The van der Waals surface area contributed by atoms with Crippen molar-refractivity contribution >= 4 is 11.8 Å². The molecule has 0 aliphatic rings. The summed E-state index contributed by atoms with van der Waals surface area (Å²) in [5, 5.41) is 2.98. The molecule has 1 atom stereocenters. The van der Waals surface area contributed by atoms with E-state index in [1.54, 1.807) is 11.8 Å². The third-order valence-corrected chi connectivity index (χ3v) is 4.69. The molecule has 0 aliphatic carbocycles. The number of hydrogen-bond donors (Lipinski definition) is 1. The van der Waals surface area contributed by atoms with Gasteiger partial charge < -0.3 is 15.0 Å². The number of nitrogens with zero attached hydrogens (tertiary/aromatic N) is 1. The van der Waals surface area contributed by atoms with E-state index in [1.165, 1.54) is 0 Å². The average Bonchev–Trinajstić information content (AvgIpc) is 2.69. The lowest BCUT2D eigenvalue weighted by molar-refractivity contribution is -0.141. The summed E-state index contributed by atoms with van der Waals surface area (Å²) >= 11 is 0. The van der Waals surface area contributed by atoms with Crippen molar-refractivity contribution in [3.8, 4) is 5.75 Å². The SMILES string of the molecule is Cc1ccc(CN(C(=O)CCCOc2ccccc2)[C@H](C)C(=O)NC(C)(C)C)cc1. The van der Waals surface area contributed by atoms with Crippen LogP contribution in [0.2, 0.25) is 0 Å². The molecule has 2 rings (SSSR count). The summed E-state index contributed by atoms with van der Waals surface area (Å²) in [5.74, 6) is 0.590. The molecule has 0 bridgehead atoms. The number of rotatable bonds is 9. The highest BCUT2D eigenvalue weighted by molar-refractivity contribution is 5.87. The molecule has 5 nitrogen and oxygen atoms in total. The highest BCUT2D eigenvalue weighted by Gasteiger charge is 2.28. The maximum atomic E-state index is 13.0. The van der Waals surface area contributed by atoms with Gasteiger partial charge in [-0.15, -0.1) is 0 Å². The minimum atomic E-state index is -0.562. The molecule has 1 N–H and O–H groups in total. The second-order valence-corrected chi connectivity index (χ2v) is 8.69. The minimum Gasteiger partial charge on any atom is -0.494 e. The number of benzene rings is 2. The van der Waals surface area contributed by atoms with Gasteiger partial charge in [-0.2, -0.15) is 0 Å². The van der Waals surface area contributed by atoms with Crippen LogP contribution < -0.4 is 10.1 Å². The molecule has 2 aromatic rings. The van der Waals surface area contributed by atoms with E-state index in [0.717, 1.165) is 16.9 Å². The van der Waals surface area contributed by atoms with Gasteiger partial charge in [0.2, 0.25) is 11.8 Å². The van der Waals surface area contributed by atoms with Gasteiger partial charge in [0.15, 0.2) is 0 Å². The van der Waals surface area contributed by atoms with Crippen LogP contribution in [-0.2, 0) is 16.1 Å². The van der Waals surface area contributed by atoms with E-state index < -0.39 is 6.04 Å². The summed E-state index contributed by atoms with van der Waals surface area (Å²) in [5.41, 5.74) is 1.81. The van der Waals surface area contributed by atoms with E-state index in [9.17, 15) is 9.59 Å². The van der Waals surface area contributed by atoms with Gasteiger partial charge in [-0.25, -0.2) is 0 Å². The smallest absolute Gasteiger partial charge is 0.242 e. The summed E-state index contributed by atoms with van der Waals surface area (Å²) < 4.78 is 5.69. The molecule has 0 radical (unpaired) electrons. The van der Waals surface area contributed by atoms with Crippen molar-refractivity contribution in [3.63, 3.8) is 0 Å². The Morgan fingerprint density at radius 2 is 1.67 bits per heavy atom.